The van der Waals surface area contributed by atoms with E-state index in [0.29, 0.717) is 17.8 Å². The minimum Gasteiger partial charge on any atom is -0.389 e. The summed E-state index contributed by atoms with van der Waals surface area (Å²) in [5, 5.41) is 0. The maximum atomic E-state index is 11.2. The van der Waals surface area contributed by atoms with E-state index in [-0.39, 0.29) is 0 Å². The molecule has 2 aromatic rings. The average Bonchev–Trinajstić information content (AvgIpc) is 2.44. The molecule has 2 heterocycles. The molecule has 0 radical (unpaired) electrons. The summed E-state index contributed by atoms with van der Waals surface area (Å²) in [6, 6.07) is 3.55. The summed E-state index contributed by atoms with van der Waals surface area (Å²) in [6.07, 6.45) is 3.23. The molecule has 0 aliphatic rings. The van der Waals surface area contributed by atoms with Crippen LogP contribution in [0.2, 0.25) is 0 Å². The Morgan fingerprint density at radius 3 is 3.31 bits per heavy atom. The normalized spacial score (nSPS) is 10.5. The Morgan fingerprint density at radius 1 is 1.69 bits per heavy atom. The zero-order chi connectivity index (χ0) is 9.26. The molecule has 2 aromatic heterocycles. The number of aromatic nitrogens is 2. The third kappa shape index (κ3) is 1.16. The van der Waals surface area contributed by atoms with Crippen molar-refractivity contribution in [1.29, 1.82) is 0 Å². The van der Waals surface area contributed by atoms with E-state index in [4.69, 9.17) is 4.42 Å². The lowest BCUT2D eigenvalue weighted by molar-refractivity contribution is 0.513. The molecule has 0 aliphatic carbocycles. The van der Waals surface area contributed by atoms with E-state index in [2.05, 4.69) is 11.6 Å². The van der Waals surface area contributed by atoms with E-state index in [0.717, 1.165) is 0 Å². The van der Waals surface area contributed by atoms with Crippen LogP contribution in [-0.4, -0.2) is 9.55 Å². The van der Waals surface area contributed by atoms with Crippen LogP contribution in [0.1, 0.15) is 0 Å². The molecule has 0 N–H and O–H groups in total. The Balaban J connectivity index is 2.78. The molecule has 0 bridgehead atoms. The predicted octanol–water partition coefficient (Wildman–Crippen LogP) is 1.18. The Bertz CT molecular complexity index is 496. The van der Waals surface area contributed by atoms with Gasteiger partial charge in [0.1, 0.15) is 5.52 Å². The number of hydrogen-bond donors (Lipinski definition) is 0. The van der Waals surface area contributed by atoms with Crippen LogP contribution in [0.4, 0.5) is 0 Å². The second kappa shape index (κ2) is 2.90. The van der Waals surface area contributed by atoms with Crippen molar-refractivity contribution in [3.63, 3.8) is 0 Å². The number of allylic oxidation sites excluding steroid dienone is 1. The Morgan fingerprint density at radius 2 is 2.54 bits per heavy atom. The topological polar surface area (TPSA) is 48.0 Å². The van der Waals surface area contributed by atoms with Crippen molar-refractivity contribution in [3.8, 4) is 0 Å². The van der Waals surface area contributed by atoms with E-state index < -0.39 is 5.76 Å². The molecule has 2 rings (SSSR count). The van der Waals surface area contributed by atoms with Gasteiger partial charge in [-0.1, -0.05) is 6.08 Å². The van der Waals surface area contributed by atoms with Gasteiger partial charge in [0.2, 0.25) is 5.71 Å². The van der Waals surface area contributed by atoms with Crippen LogP contribution in [0.3, 0.4) is 0 Å². The van der Waals surface area contributed by atoms with Crippen LogP contribution >= 0.6 is 0 Å². The van der Waals surface area contributed by atoms with Gasteiger partial charge in [0.25, 0.3) is 0 Å². The predicted molar refractivity (Wildman–Crippen MR) is 48.5 cm³/mol. The van der Waals surface area contributed by atoms with Gasteiger partial charge < -0.3 is 4.42 Å². The van der Waals surface area contributed by atoms with Crippen LogP contribution in [-0.2, 0) is 6.54 Å². The third-order valence-electron chi connectivity index (χ3n) is 1.76. The van der Waals surface area contributed by atoms with Crippen molar-refractivity contribution < 1.29 is 4.42 Å². The van der Waals surface area contributed by atoms with E-state index >= 15 is 0 Å². The number of rotatable bonds is 2. The highest BCUT2D eigenvalue weighted by atomic mass is 16.4. The number of nitrogens with zero attached hydrogens (tertiary/aromatic N) is 2. The van der Waals surface area contributed by atoms with Crippen molar-refractivity contribution in [2.24, 2.45) is 0 Å². The van der Waals surface area contributed by atoms with Crippen molar-refractivity contribution >= 4 is 11.2 Å². The molecule has 4 nitrogen and oxygen atoms in total. The lowest BCUT2D eigenvalue weighted by Crippen LogP contribution is -2.12. The Hall–Kier alpha value is -1.84. The lowest BCUT2D eigenvalue weighted by Gasteiger charge is -1.93. The molecule has 0 spiro atoms. The van der Waals surface area contributed by atoms with E-state index in [9.17, 15) is 4.79 Å². The first-order valence-electron chi connectivity index (χ1n) is 3.88. The minimum absolute atomic E-state index is 0.370. The molecule has 0 fully saturated rings. The summed E-state index contributed by atoms with van der Waals surface area (Å²) in [6.45, 7) is 4.00. The summed E-state index contributed by atoms with van der Waals surface area (Å²) < 4.78 is 6.38. The van der Waals surface area contributed by atoms with E-state index in [1.807, 2.05) is 0 Å². The first kappa shape index (κ1) is 7.79. The van der Waals surface area contributed by atoms with Gasteiger partial charge in [-0.2, -0.15) is 0 Å². The molecule has 4 heteroatoms. The van der Waals surface area contributed by atoms with Crippen LogP contribution in [0.25, 0.3) is 11.2 Å². The quantitative estimate of drug-likeness (QED) is 0.645. The number of fused-ring (bicyclic) bond motifs is 1. The maximum Gasteiger partial charge on any atom is 0.421 e. The molecule has 0 aromatic carbocycles. The van der Waals surface area contributed by atoms with Crippen LogP contribution in [0, 0.1) is 0 Å². The highest BCUT2D eigenvalue weighted by Gasteiger charge is 2.06. The summed E-state index contributed by atoms with van der Waals surface area (Å²) in [5.41, 5.74) is 1.07. The van der Waals surface area contributed by atoms with E-state index in [1.54, 1.807) is 24.4 Å². The monoisotopic (exact) mass is 176 g/mol. The third-order valence-corrected chi connectivity index (χ3v) is 1.76. The summed E-state index contributed by atoms with van der Waals surface area (Å²) in [7, 11) is 0. The van der Waals surface area contributed by atoms with Gasteiger partial charge in [-0.25, -0.2) is 9.78 Å². The average molecular weight is 176 g/mol. The molecule has 13 heavy (non-hydrogen) atoms. The smallest absolute Gasteiger partial charge is 0.389 e. The van der Waals surface area contributed by atoms with Gasteiger partial charge in [0, 0.05) is 12.7 Å². The largest absolute Gasteiger partial charge is 0.421 e. The molecule has 0 unspecified atom stereocenters. The Kier molecular flexibility index (Phi) is 1.73. The highest BCUT2D eigenvalue weighted by molar-refractivity contribution is 5.67. The fourth-order valence-corrected chi connectivity index (χ4v) is 1.20. The SMILES string of the molecule is C=CCn1c(=O)oc2ncccc21. The van der Waals surface area contributed by atoms with Crippen molar-refractivity contribution in [2.45, 2.75) is 6.54 Å². The zero-order valence-corrected chi connectivity index (χ0v) is 6.93. The van der Waals surface area contributed by atoms with Gasteiger partial charge in [-0.3, -0.25) is 4.57 Å². The van der Waals surface area contributed by atoms with Gasteiger partial charge in [0.05, 0.1) is 0 Å². The minimum atomic E-state index is -0.395. The first-order valence-corrected chi connectivity index (χ1v) is 3.88. The zero-order valence-electron chi connectivity index (χ0n) is 6.93. The fraction of sp³-hybridized carbons (Fsp3) is 0.111. The van der Waals surface area contributed by atoms with Crippen LogP contribution in [0.5, 0.6) is 0 Å². The number of oxazole rings is 1. The summed E-state index contributed by atoms with van der Waals surface area (Å²) in [4.78, 5) is 15.2. The second-order valence-electron chi connectivity index (χ2n) is 2.59. The summed E-state index contributed by atoms with van der Waals surface area (Å²) in [5.74, 6) is -0.395. The molecular weight excluding hydrogens is 168 g/mol. The van der Waals surface area contributed by atoms with Gasteiger partial charge in [0.15, 0.2) is 0 Å². The molecule has 0 saturated heterocycles. The van der Waals surface area contributed by atoms with E-state index in [1.165, 1.54) is 4.57 Å². The highest BCUT2D eigenvalue weighted by Crippen LogP contribution is 2.07. The van der Waals surface area contributed by atoms with Gasteiger partial charge >= 0.3 is 5.76 Å². The molecule has 0 saturated carbocycles. The van der Waals surface area contributed by atoms with Crippen LogP contribution in [0.15, 0.2) is 40.2 Å². The molecule has 0 amide bonds. The van der Waals surface area contributed by atoms with Crippen molar-refractivity contribution in [2.75, 3.05) is 0 Å². The Labute approximate surface area is 74.1 Å². The van der Waals surface area contributed by atoms with Crippen molar-refractivity contribution in [3.05, 3.63) is 41.5 Å². The van der Waals surface area contributed by atoms with Crippen LogP contribution < -0.4 is 5.76 Å². The van der Waals surface area contributed by atoms with Gasteiger partial charge in [-0.05, 0) is 12.1 Å². The fourth-order valence-electron chi connectivity index (χ4n) is 1.20. The van der Waals surface area contributed by atoms with Crippen molar-refractivity contribution in [1.82, 2.24) is 9.55 Å². The summed E-state index contributed by atoms with van der Waals surface area (Å²) >= 11 is 0. The standard InChI is InChI=1S/C9H8N2O2/c1-2-6-11-7-4-3-5-10-8(7)13-9(11)12/h2-5H,1,6H2. The molecule has 66 valence electrons. The first-order chi connectivity index (χ1) is 6.33. The number of hydrogen-bond acceptors (Lipinski definition) is 3. The number of pyridine rings is 1. The second-order valence-corrected chi connectivity index (χ2v) is 2.59. The lowest BCUT2D eigenvalue weighted by atomic mass is 10.4. The molecular formula is C9H8N2O2. The molecule has 0 aliphatic heterocycles. The molecule has 0 atom stereocenters. The maximum absolute atomic E-state index is 11.2. The van der Waals surface area contributed by atoms with Gasteiger partial charge in [-0.15, -0.1) is 6.58 Å².